The topological polar surface area (TPSA) is 46.0 Å². The van der Waals surface area contributed by atoms with Crippen LogP contribution in [0.15, 0.2) is 6.20 Å². The Kier molecular flexibility index (Phi) is 2.77. The van der Waals surface area contributed by atoms with Gasteiger partial charge in [0.2, 0.25) is 0 Å². The lowest BCUT2D eigenvalue weighted by molar-refractivity contribution is 0.191. The minimum Gasteiger partial charge on any atom is -0.387 e. The number of hydrogen-bond donors (Lipinski definition) is 1. The van der Waals surface area contributed by atoms with Gasteiger partial charge < -0.3 is 5.11 Å². The highest BCUT2D eigenvalue weighted by atomic mass is 16.3. The van der Waals surface area contributed by atoms with Crippen molar-refractivity contribution in [2.24, 2.45) is 0 Å². The van der Waals surface area contributed by atoms with Gasteiger partial charge in [0, 0.05) is 10.8 Å². The maximum atomic E-state index is 9.62. The SMILES string of the molecule is C[C@H](O)c1cnc2c(n1)C(C)(C)CCC2(C)C. The summed E-state index contributed by atoms with van der Waals surface area (Å²) in [5.41, 5.74) is 2.98. The van der Waals surface area contributed by atoms with Crippen LogP contribution < -0.4 is 0 Å². The van der Waals surface area contributed by atoms with E-state index in [9.17, 15) is 5.11 Å². The molecule has 0 aromatic carbocycles. The van der Waals surface area contributed by atoms with Crippen LogP contribution in [0.5, 0.6) is 0 Å². The number of aliphatic hydroxyl groups is 1. The van der Waals surface area contributed by atoms with E-state index in [2.05, 4.69) is 37.7 Å². The number of fused-ring (bicyclic) bond motifs is 1. The molecule has 0 amide bonds. The van der Waals surface area contributed by atoms with Crippen LogP contribution in [0.25, 0.3) is 0 Å². The molecule has 1 aliphatic rings. The van der Waals surface area contributed by atoms with Gasteiger partial charge >= 0.3 is 0 Å². The molecule has 2 rings (SSSR count). The highest BCUT2D eigenvalue weighted by Crippen LogP contribution is 2.43. The van der Waals surface area contributed by atoms with E-state index < -0.39 is 6.10 Å². The maximum Gasteiger partial charge on any atom is 0.0947 e. The van der Waals surface area contributed by atoms with Crippen LogP contribution in [0, 0.1) is 0 Å². The third-order valence-corrected chi connectivity index (χ3v) is 3.88. The summed E-state index contributed by atoms with van der Waals surface area (Å²) in [5, 5.41) is 9.62. The van der Waals surface area contributed by atoms with Crippen LogP contribution in [-0.2, 0) is 10.8 Å². The van der Waals surface area contributed by atoms with E-state index in [1.54, 1.807) is 13.1 Å². The van der Waals surface area contributed by atoms with Gasteiger partial charge in [0.25, 0.3) is 0 Å². The molecule has 0 unspecified atom stereocenters. The van der Waals surface area contributed by atoms with Crippen molar-refractivity contribution < 1.29 is 5.11 Å². The molecule has 0 spiro atoms. The molecule has 0 fully saturated rings. The lowest BCUT2D eigenvalue weighted by Gasteiger charge is -2.39. The average molecular weight is 234 g/mol. The number of aliphatic hydroxyl groups excluding tert-OH is 1. The molecule has 1 atom stereocenters. The fraction of sp³-hybridized carbons (Fsp3) is 0.714. The molecular weight excluding hydrogens is 212 g/mol. The fourth-order valence-corrected chi connectivity index (χ4v) is 2.43. The lowest BCUT2D eigenvalue weighted by Crippen LogP contribution is -2.36. The van der Waals surface area contributed by atoms with E-state index in [1.165, 1.54) is 0 Å². The summed E-state index contributed by atoms with van der Waals surface area (Å²) in [4.78, 5) is 9.22. The summed E-state index contributed by atoms with van der Waals surface area (Å²) in [7, 11) is 0. The van der Waals surface area contributed by atoms with Crippen molar-refractivity contribution >= 4 is 0 Å². The van der Waals surface area contributed by atoms with Crippen molar-refractivity contribution in [3.8, 4) is 0 Å². The van der Waals surface area contributed by atoms with E-state index in [0.717, 1.165) is 24.2 Å². The second kappa shape index (κ2) is 3.77. The molecule has 0 saturated carbocycles. The van der Waals surface area contributed by atoms with E-state index in [-0.39, 0.29) is 10.8 Å². The monoisotopic (exact) mass is 234 g/mol. The van der Waals surface area contributed by atoms with Crippen LogP contribution in [0.3, 0.4) is 0 Å². The molecule has 0 radical (unpaired) electrons. The summed E-state index contributed by atoms with van der Waals surface area (Å²) in [6.45, 7) is 10.6. The zero-order chi connectivity index (χ0) is 12.8. The lowest BCUT2D eigenvalue weighted by atomic mass is 9.67. The molecular formula is C14H22N2O. The zero-order valence-corrected chi connectivity index (χ0v) is 11.4. The fourth-order valence-electron chi connectivity index (χ4n) is 2.43. The highest BCUT2D eigenvalue weighted by Gasteiger charge is 2.39. The summed E-state index contributed by atoms with van der Waals surface area (Å²) >= 11 is 0. The first-order valence-electron chi connectivity index (χ1n) is 6.30. The van der Waals surface area contributed by atoms with Gasteiger partial charge in [-0.2, -0.15) is 0 Å². The predicted octanol–water partition coefficient (Wildman–Crippen LogP) is 2.88. The summed E-state index contributed by atoms with van der Waals surface area (Å²) in [6, 6.07) is 0. The van der Waals surface area contributed by atoms with Gasteiger partial charge in [-0.25, -0.2) is 0 Å². The molecule has 1 aromatic rings. The molecule has 3 nitrogen and oxygen atoms in total. The molecule has 17 heavy (non-hydrogen) atoms. The van der Waals surface area contributed by atoms with Crippen LogP contribution in [0.2, 0.25) is 0 Å². The molecule has 1 aliphatic carbocycles. The minimum atomic E-state index is -0.548. The second-order valence-corrected chi connectivity index (χ2v) is 6.44. The third-order valence-electron chi connectivity index (χ3n) is 3.88. The number of nitrogens with zero attached hydrogens (tertiary/aromatic N) is 2. The molecule has 0 bridgehead atoms. The summed E-state index contributed by atoms with van der Waals surface area (Å²) in [5.74, 6) is 0. The van der Waals surface area contributed by atoms with Gasteiger partial charge in [0.15, 0.2) is 0 Å². The largest absolute Gasteiger partial charge is 0.387 e. The van der Waals surface area contributed by atoms with Crippen LogP contribution in [0.4, 0.5) is 0 Å². The molecule has 0 saturated heterocycles. The molecule has 1 aromatic heterocycles. The second-order valence-electron chi connectivity index (χ2n) is 6.44. The Bertz CT molecular complexity index is 436. The Labute approximate surface area is 103 Å². The van der Waals surface area contributed by atoms with Crippen molar-refractivity contribution in [2.45, 2.75) is 64.4 Å². The van der Waals surface area contributed by atoms with Crippen molar-refractivity contribution in [3.05, 3.63) is 23.3 Å². The number of hydrogen-bond acceptors (Lipinski definition) is 3. The standard InChI is InChI=1S/C14H22N2O/c1-9(17)10-8-15-11-12(16-10)14(4,5)7-6-13(11,2)3/h8-9,17H,6-7H2,1-5H3/t9-/m0/s1. The third kappa shape index (κ3) is 2.08. The number of aromatic nitrogens is 2. The quantitative estimate of drug-likeness (QED) is 0.812. The first-order valence-corrected chi connectivity index (χ1v) is 6.30. The predicted molar refractivity (Wildman–Crippen MR) is 68.0 cm³/mol. The van der Waals surface area contributed by atoms with E-state index in [4.69, 9.17) is 0 Å². The Morgan fingerprint density at radius 2 is 1.65 bits per heavy atom. The first-order chi connectivity index (χ1) is 7.74. The van der Waals surface area contributed by atoms with Crippen molar-refractivity contribution in [1.29, 1.82) is 0 Å². The van der Waals surface area contributed by atoms with E-state index in [0.29, 0.717) is 5.69 Å². The van der Waals surface area contributed by atoms with Gasteiger partial charge in [-0.1, -0.05) is 27.7 Å². The van der Waals surface area contributed by atoms with Crippen LogP contribution in [-0.4, -0.2) is 15.1 Å². The molecule has 0 aliphatic heterocycles. The molecule has 3 heteroatoms. The Morgan fingerprint density at radius 1 is 1.12 bits per heavy atom. The van der Waals surface area contributed by atoms with Crippen molar-refractivity contribution in [1.82, 2.24) is 9.97 Å². The van der Waals surface area contributed by atoms with E-state index >= 15 is 0 Å². The van der Waals surface area contributed by atoms with Gasteiger partial charge in [-0.3, -0.25) is 9.97 Å². The summed E-state index contributed by atoms with van der Waals surface area (Å²) in [6.07, 6.45) is 3.42. The van der Waals surface area contributed by atoms with Crippen molar-refractivity contribution in [2.75, 3.05) is 0 Å². The minimum absolute atomic E-state index is 0.0583. The van der Waals surface area contributed by atoms with Crippen molar-refractivity contribution in [3.63, 3.8) is 0 Å². The van der Waals surface area contributed by atoms with Gasteiger partial charge in [0.05, 0.1) is 29.4 Å². The normalized spacial score (nSPS) is 22.9. The maximum absolute atomic E-state index is 9.62. The first kappa shape index (κ1) is 12.5. The smallest absolute Gasteiger partial charge is 0.0947 e. The number of rotatable bonds is 1. The molecule has 1 N–H and O–H groups in total. The average Bonchev–Trinajstić information content (AvgIpc) is 2.24. The van der Waals surface area contributed by atoms with Gasteiger partial charge in [0.1, 0.15) is 0 Å². The Hall–Kier alpha value is -0.960. The highest BCUT2D eigenvalue weighted by molar-refractivity contribution is 5.31. The van der Waals surface area contributed by atoms with Gasteiger partial charge in [-0.05, 0) is 19.8 Å². The van der Waals surface area contributed by atoms with E-state index in [1.807, 2.05) is 0 Å². The Balaban J connectivity index is 2.60. The molecule has 94 valence electrons. The zero-order valence-electron chi connectivity index (χ0n) is 11.4. The molecule has 1 heterocycles. The Morgan fingerprint density at radius 3 is 2.18 bits per heavy atom. The van der Waals surface area contributed by atoms with Crippen LogP contribution in [0.1, 0.15) is 70.6 Å². The summed E-state index contributed by atoms with van der Waals surface area (Å²) < 4.78 is 0. The van der Waals surface area contributed by atoms with Gasteiger partial charge in [-0.15, -0.1) is 0 Å². The van der Waals surface area contributed by atoms with Crippen LogP contribution >= 0.6 is 0 Å².